The van der Waals surface area contributed by atoms with Crippen LogP contribution in [0.5, 0.6) is 5.88 Å². The zero-order chi connectivity index (χ0) is 16.2. The summed E-state index contributed by atoms with van der Waals surface area (Å²) >= 11 is 6.10. The normalized spacial score (nSPS) is 14.1. The summed E-state index contributed by atoms with van der Waals surface area (Å²) in [6.07, 6.45) is 1.67. The molecule has 2 heterocycles. The maximum absolute atomic E-state index is 12.5. The van der Waals surface area contributed by atoms with Crippen LogP contribution in [-0.2, 0) is 0 Å². The lowest BCUT2D eigenvalue weighted by Gasteiger charge is -2.34. The summed E-state index contributed by atoms with van der Waals surface area (Å²) in [6.45, 7) is 2.54. The SMILES string of the molecule is COc1ccnc(N2CCN(C(=O)c3ccccc3Cl)CC2)n1.Cl. The molecule has 1 aliphatic rings. The average molecular weight is 369 g/mol. The molecule has 3 rings (SSSR count). The van der Waals surface area contributed by atoms with Gasteiger partial charge in [0.15, 0.2) is 0 Å². The number of benzene rings is 1. The topological polar surface area (TPSA) is 58.6 Å². The van der Waals surface area contributed by atoms with Crippen LogP contribution in [0.1, 0.15) is 10.4 Å². The first-order chi connectivity index (χ1) is 11.2. The molecule has 0 N–H and O–H groups in total. The van der Waals surface area contributed by atoms with Crippen LogP contribution in [-0.4, -0.2) is 54.1 Å². The molecule has 1 aliphatic heterocycles. The van der Waals surface area contributed by atoms with Crippen molar-refractivity contribution in [2.24, 2.45) is 0 Å². The van der Waals surface area contributed by atoms with E-state index in [1.165, 1.54) is 0 Å². The minimum atomic E-state index is -0.0400. The number of ether oxygens (including phenoxy) is 1. The lowest BCUT2D eigenvalue weighted by Crippen LogP contribution is -2.49. The molecule has 0 unspecified atom stereocenters. The number of methoxy groups -OCH3 is 1. The molecule has 1 saturated heterocycles. The molecule has 0 aliphatic carbocycles. The fourth-order valence-electron chi connectivity index (χ4n) is 2.51. The summed E-state index contributed by atoms with van der Waals surface area (Å²) in [5, 5.41) is 0.482. The summed E-state index contributed by atoms with van der Waals surface area (Å²) in [7, 11) is 1.58. The van der Waals surface area contributed by atoms with Gasteiger partial charge in [0.25, 0.3) is 5.91 Å². The van der Waals surface area contributed by atoms with Crippen molar-refractivity contribution in [1.29, 1.82) is 0 Å². The third kappa shape index (κ3) is 3.88. The summed E-state index contributed by atoms with van der Waals surface area (Å²) < 4.78 is 5.12. The maximum atomic E-state index is 12.5. The third-order valence-corrected chi connectivity index (χ3v) is 4.11. The Morgan fingerprint density at radius 3 is 2.54 bits per heavy atom. The van der Waals surface area contributed by atoms with Crippen molar-refractivity contribution in [1.82, 2.24) is 14.9 Å². The standard InChI is InChI=1S/C16H17ClN4O2.ClH/c1-23-14-6-7-18-16(19-14)21-10-8-20(9-11-21)15(22)12-4-2-3-5-13(12)17;/h2-7H,8-11H2,1H3;1H. The second-order valence-electron chi connectivity index (χ2n) is 5.16. The number of rotatable bonds is 3. The fourth-order valence-corrected chi connectivity index (χ4v) is 2.73. The highest BCUT2D eigenvalue weighted by Crippen LogP contribution is 2.19. The van der Waals surface area contributed by atoms with E-state index in [0.29, 0.717) is 48.6 Å². The van der Waals surface area contributed by atoms with Gasteiger partial charge in [0.1, 0.15) is 0 Å². The van der Waals surface area contributed by atoms with E-state index in [4.69, 9.17) is 16.3 Å². The van der Waals surface area contributed by atoms with E-state index in [1.54, 1.807) is 36.4 Å². The van der Waals surface area contributed by atoms with Crippen LogP contribution in [0.2, 0.25) is 5.02 Å². The molecular formula is C16H18Cl2N4O2. The molecule has 1 aromatic heterocycles. The number of piperazine rings is 1. The number of aromatic nitrogens is 2. The van der Waals surface area contributed by atoms with E-state index in [9.17, 15) is 4.79 Å². The van der Waals surface area contributed by atoms with Crippen molar-refractivity contribution < 1.29 is 9.53 Å². The second kappa shape index (κ2) is 8.17. The Kier molecular flexibility index (Phi) is 6.23. The van der Waals surface area contributed by atoms with E-state index in [2.05, 4.69) is 9.97 Å². The van der Waals surface area contributed by atoms with Crippen LogP contribution in [0.3, 0.4) is 0 Å². The van der Waals surface area contributed by atoms with Crippen molar-refractivity contribution in [2.75, 3.05) is 38.2 Å². The summed E-state index contributed by atoms with van der Waals surface area (Å²) in [4.78, 5) is 25.0. The molecule has 1 aromatic carbocycles. The average Bonchev–Trinajstić information content (AvgIpc) is 2.62. The largest absolute Gasteiger partial charge is 0.481 e. The van der Waals surface area contributed by atoms with Crippen molar-refractivity contribution in [3.8, 4) is 5.88 Å². The maximum Gasteiger partial charge on any atom is 0.255 e. The minimum absolute atomic E-state index is 0. The number of halogens is 2. The van der Waals surface area contributed by atoms with Gasteiger partial charge < -0.3 is 14.5 Å². The zero-order valence-corrected chi connectivity index (χ0v) is 14.8. The first-order valence-electron chi connectivity index (χ1n) is 7.35. The molecule has 128 valence electrons. The monoisotopic (exact) mass is 368 g/mol. The van der Waals surface area contributed by atoms with Gasteiger partial charge in [0.05, 0.1) is 17.7 Å². The number of anilines is 1. The molecule has 0 radical (unpaired) electrons. The Bertz CT molecular complexity index is 706. The van der Waals surface area contributed by atoms with Gasteiger partial charge in [-0.3, -0.25) is 4.79 Å². The number of amides is 1. The van der Waals surface area contributed by atoms with Gasteiger partial charge in [-0.25, -0.2) is 4.98 Å². The third-order valence-electron chi connectivity index (χ3n) is 3.78. The van der Waals surface area contributed by atoms with Gasteiger partial charge >= 0.3 is 0 Å². The highest BCUT2D eigenvalue weighted by molar-refractivity contribution is 6.33. The molecule has 0 saturated carbocycles. The molecular weight excluding hydrogens is 351 g/mol. The van der Waals surface area contributed by atoms with Gasteiger partial charge in [0.2, 0.25) is 11.8 Å². The predicted octanol–water partition coefficient (Wildman–Crippen LogP) is 2.52. The smallest absolute Gasteiger partial charge is 0.255 e. The number of hydrogen-bond acceptors (Lipinski definition) is 5. The number of carbonyl (C=O) groups excluding carboxylic acids is 1. The second-order valence-corrected chi connectivity index (χ2v) is 5.57. The van der Waals surface area contributed by atoms with Gasteiger partial charge in [-0.2, -0.15) is 4.98 Å². The minimum Gasteiger partial charge on any atom is -0.481 e. The summed E-state index contributed by atoms with van der Waals surface area (Å²) in [6, 6.07) is 8.83. The Morgan fingerprint density at radius 1 is 1.17 bits per heavy atom. The summed E-state index contributed by atoms with van der Waals surface area (Å²) in [5.41, 5.74) is 0.542. The van der Waals surface area contributed by atoms with Crippen LogP contribution >= 0.6 is 24.0 Å². The first kappa shape index (κ1) is 18.3. The van der Waals surface area contributed by atoms with Crippen LogP contribution < -0.4 is 9.64 Å². The lowest BCUT2D eigenvalue weighted by molar-refractivity contribution is 0.0746. The van der Waals surface area contributed by atoms with Crippen LogP contribution in [0, 0.1) is 0 Å². The van der Waals surface area contributed by atoms with Gasteiger partial charge in [-0.15, -0.1) is 12.4 Å². The Balaban J connectivity index is 0.00000208. The zero-order valence-electron chi connectivity index (χ0n) is 13.2. The quantitative estimate of drug-likeness (QED) is 0.832. The first-order valence-corrected chi connectivity index (χ1v) is 7.72. The Hall–Kier alpha value is -2.05. The highest BCUT2D eigenvalue weighted by Gasteiger charge is 2.24. The Morgan fingerprint density at radius 2 is 1.88 bits per heavy atom. The lowest BCUT2D eigenvalue weighted by atomic mass is 10.2. The molecule has 0 atom stereocenters. The summed E-state index contributed by atoms with van der Waals surface area (Å²) in [5.74, 6) is 1.11. The van der Waals surface area contributed by atoms with E-state index >= 15 is 0 Å². The van der Waals surface area contributed by atoms with Crippen LogP contribution in [0.4, 0.5) is 5.95 Å². The molecule has 2 aromatic rings. The molecule has 1 fully saturated rings. The predicted molar refractivity (Wildman–Crippen MR) is 95.4 cm³/mol. The number of hydrogen-bond donors (Lipinski definition) is 0. The van der Waals surface area contributed by atoms with Gasteiger partial charge in [0, 0.05) is 38.4 Å². The van der Waals surface area contributed by atoms with Crippen molar-refractivity contribution in [3.05, 3.63) is 47.1 Å². The molecule has 6 nitrogen and oxygen atoms in total. The molecule has 8 heteroatoms. The molecule has 0 spiro atoms. The van der Waals surface area contributed by atoms with Crippen molar-refractivity contribution >= 4 is 35.9 Å². The van der Waals surface area contributed by atoms with E-state index < -0.39 is 0 Å². The van der Waals surface area contributed by atoms with Crippen molar-refractivity contribution in [3.63, 3.8) is 0 Å². The number of nitrogens with zero attached hydrogens (tertiary/aromatic N) is 4. The van der Waals surface area contributed by atoms with E-state index in [1.807, 2.05) is 17.0 Å². The Labute approximate surface area is 151 Å². The molecule has 24 heavy (non-hydrogen) atoms. The van der Waals surface area contributed by atoms with Crippen LogP contribution in [0.15, 0.2) is 36.5 Å². The van der Waals surface area contributed by atoms with E-state index in [0.717, 1.165) is 0 Å². The number of carbonyl (C=O) groups is 1. The highest BCUT2D eigenvalue weighted by atomic mass is 35.5. The fraction of sp³-hybridized carbons (Fsp3) is 0.312. The van der Waals surface area contributed by atoms with Crippen LogP contribution in [0.25, 0.3) is 0 Å². The van der Waals surface area contributed by atoms with E-state index in [-0.39, 0.29) is 18.3 Å². The molecule has 1 amide bonds. The van der Waals surface area contributed by atoms with Gasteiger partial charge in [-0.1, -0.05) is 23.7 Å². The van der Waals surface area contributed by atoms with Crippen molar-refractivity contribution in [2.45, 2.75) is 0 Å². The van der Waals surface area contributed by atoms with Gasteiger partial charge in [-0.05, 0) is 12.1 Å². The molecule has 0 bridgehead atoms.